The number of hydrogen-bond donors (Lipinski definition) is 1. The average molecular weight is 212 g/mol. The van der Waals surface area contributed by atoms with Gasteiger partial charge in [-0.25, -0.2) is 0 Å². The Hall–Kier alpha value is -0.0800. The van der Waals surface area contributed by atoms with Crippen LogP contribution in [0.25, 0.3) is 0 Å². The van der Waals surface area contributed by atoms with Crippen LogP contribution in [0.2, 0.25) is 0 Å². The fraction of sp³-hybridized carbons (Fsp3) is 1.00. The zero-order valence-corrected chi connectivity index (χ0v) is 10.9. The predicted octanol–water partition coefficient (Wildman–Crippen LogP) is 2.62. The summed E-state index contributed by atoms with van der Waals surface area (Å²) in [7, 11) is 2.25. The van der Waals surface area contributed by atoms with Crippen molar-refractivity contribution in [3.63, 3.8) is 0 Å². The van der Waals surface area contributed by atoms with Crippen LogP contribution in [0.1, 0.15) is 52.9 Å². The monoisotopic (exact) mass is 212 g/mol. The number of rotatable bonds is 4. The third kappa shape index (κ3) is 3.46. The van der Waals surface area contributed by atoms with Crippen LogP contribution in [0.4, 0.5) is 0 Å². The summed E-state index contributed by atoms with van der Waals surface area (Å²) in [5.74, 6) is 0.935. The van der Waals surface area contributed by atoms with Gasteiger partial charge in [-0.3, -0.25) is 4.90 Å². The van der Waals surface area contributed by atoms with Crippen LogP contribution in [0, 0.1) is 5.92 Å². The molecule has 90 valence electrons. The van der Waals surface area contributed by atoms with E-state index >= 15 is 0 Å². The first kappa shape index (κ1) is 13.0. The maximum Gasteiger partial charge on any atom is 0.0218 e. The van der Waals surface area contributed by atoms with Crippen molar-refractivity contribution in [1.29, 1.82) is 0 Å². The molecule has 15 heavy (non-hydrogen) atoms. The van der Waals surface area contributed by atoms with Crippen LogP contribution in [-0.2, 0) is 0 Å². The third-order valence-electron chi connectivity index (χ3n) is 4.29. The van der Waals surface area contributed by atoms with Gasteiger partial charge in [0.15, 0.2) is 0 Å². The van der Waals surface area contributed by atoms with Crippen LogP contribution in [0.5, 0.6) is 0 Å². The smallest absolute Gasteiger partial charge is 0.0218 e. The summed E-state index contributed by atoms with van der Waals surface area (Å²) in [6.45, 7) is 6.82. The van der Waals surface area contributed by atoms with Gasteiger partial charge in [-0.05, 0) is 52.0 Å². The molecule has 1 aliphatic rings. The molecule has 0 radical (unpaired) electrons. The Kier molecular flexibility index (Phi) is 5.07. The van der Waals surface area contributed by atoms with Crippen LogP contribution in [-0.4, -0.2) is 30.1 Å². The van der Waals surface area contributed by atoms with Gasteiger partial charge in [0.1, 0.15) is 0 Å². The first-order valence-electron chi connectivity index (χ1n) is 6.53. The molecule has 1 aliphatic carbocycles. The number of likely N-dealkylation sites (N-methyl/N-ethyl adjacent to an activating group) is 1. The highest BCUT2D eigenvalue weighted by Gasteiger charge is 2.26. The van der Waals surface area contributed by atoms with Crippen LogP contribution < -0.4 is 5.73 Å². The molecule has 1 rings (SSSR count). The van der Waals surface area contributed by atoms with Gasteiger partial charge in [0.2, 0.25) is 0 Å². The third-order valence-corrected chi connectivity index (χ3v) is 4.29. The molecule has 0 amide bonds. The highest BCUT2D eigenvalue weighted by molar-refractivity contribution is 4.83. The lowest BCUT2D eigenvalue weighted by Crippen LogP contribution is -2.49. The highest BCUT2D eigenvalue weighted by atomic mass is 15.2. The zero-order valence-electron chi connectivity index (χ0n) is 10.9. The maximum atomic E-state index is 6.11. The predicted molar refractivity (Wildman–Crippen MR) is 66.9 cm³/mol. The lowest BCUT2D eigenvalue weighted by molar-refractivity contribution is 0.116. The Balaban J connectivity index is 2.42. The summed E-state index contributed by atoms with van der Waals surface area (Å²) in [6, 6.07) is 1.62. The summed E-state index contributed by atoms with van der Waals surface area (Å²) in [4.78, 5) is 2.51. The van der Waals surface area contributed by atoms with Crippen molar-refractivity contribution in [3.05, 3.63) is 0 Å². The Morgan fingerprint density at radius 1 is 1.27 bits per heavy atom. The summed E-state index contributed by atoms with van der Waals surface area (Å²) in [6.07, 6.45) is 6.58. The van der Waals surface area contributed by atoms with Crippen molar-refractivity contribution in [2.45, 2.75) is 71.0 Å². The molecule has 1 saturated carbocycles. The van der Waals surface area contributed by atoms with Crippen molar-refractivity contribution in [2.24, 2.45) is 11.7 Å². The number of nitrogens with two attached hydrogens (primary N) is 1. The minimum atomic E-state index is 0.328. The molecule has 0 aliphatic heterocycles. The molecule has 2 N–H and O–H groups in total. The summed E-state index contributed by atoms with van der Waals surface area (Å²) >= 11 is 0. The molecule has 0 spiro atoms. The average Bonchev–Trinajstić information content (AvgIpc) is 2.27. The minimum Gasteiger partial charge on any atom is -0.326 e. The standard InChI is InChI=1S/C13H28N2/c1-5-13(14)11(3)15(4)12-8-6-10(2)7-9-12/h10-13H,5-9,14H2,1-4H3. The first-order valence-corrected chi connectivity index (χ1v) is 6.53. The van der Waals surface area contributed by atoms with Gasteiger partial charge in [-0.2, -0.15) is 0 Å². The summed E-state index contributed by atoms with van der Waals surface area (Å²) < 4.78 is 0. The second-order valence-corrected chi connectivity index (χ2v) is 5.39. The highest BCUT2D eigenvalue weighted by Crippen LogP contribution is 2.27. The fourth-order valence-corrected chi connectivity index (χ4v) is 2.63. The number of hydrogen-bond acceptors (Lipinski definition) is 2. The van der Waals surface area contributed by atoms with E-state index in [0.717, 1.165) is 18.4 Å². The second kappa shape index (κ2) is 5.86. The molecule has 2 heteroatoms. The molecule has 2 atom stereocenters. The number of nitrogens with zero attached hydrogens (tertiary/aromatic N) is 1. The van der Waals surface area contributed by atoms with Crippen LogP contribution in [0.15, 0.2) is 0 Å². The normalized spacial score (nSPS) is 31.6. The van der Waals surface area contributed by atoms with Gasteiger partial charge < -0.3 is 5.73 Å². The molecule has 0 heterocycles. The van der Waals surface area contributed by atoms with E-state index in [1.807, 2.05) is 0 Å². The topological polar surface area (TPSA) is 29.3 Å². The van der Waals surface area contributed by atoms with Gasteiger partial charge in [-0.1, -0.05) is 13.8 Å². The molecular formula is C13H28N2. The molecule has 0 aromatic heterocycles. The zero-order chi connectivity index (χ0) is 11.4. The summed E-state index contributed by atoms with van der Waals surface area (Å²) in [5.41, 5.74) is 6.11. The van der Waals surface area contributed by atoms with E-state index in [1.54, 1.807) is 0 Å². The van der Waals surface area contributed by atoms with Crippen molar-refractivity contribution in [2.75, 3.05) is 7.05 Å². The van der Waals surface area contributed by atoms with E-state index in [4.69, 9.17) is 5.73 Å². The quantitative estimate of drug-likeness (QED) is 0.776. The van der Waals surface area contributed by atoms with Gasteiger partial charge in [0.05, 0.1) is 0 Å². The van der Waals surface area contributed by atoms with Gasteiger partial charge in [0, 0.05) is 18.1 Å². The molecular weight excluding hydrogens is 184 g/mol. The van der Waals surface area contributed by atoms with Crippen molar-refractivity contribution in [1.82, 2.24) is 4.90 Å². The van der Waals surface area contributed by atoms with Crippen molar-refractivity contribution < 1.29 is 0 Å². The minimum absolute atomic E-state index is 0.328. The molecule has 2 unspecified atom stereocenters. The lowest BCUT2D eigenvalue weighted by atomic mass is 9.86. The Morgan fingerprint density at radius 2 is 1.80 bits per heavy atom. The van der Waals surface area contributed by atoms with E-state index in [9.17, 15) is 0 Å². The van der Waals surface area contributed by atoms with E-state index in [1.165, 1.54) is 25.7 Å². The van der Waals surface area contributed by atoms with Gasteiger partial charge in [0.25, 0.3) is 0 Å². The Labute approximate surface area is 95.2 Å². The molecule has 2 nitrogen and oxygen atoms in total. The largest absolute Gasteiger partial charge is 0.326 e. The van der Waals surface area contributed by atoms with Crippen molar-refractivity contribution in [3.8, 4) is 0 Å². The molecule has 1 fully saturated rings. The Morgan fingerprint density at radius 3 is 2.27 bits per heavy atom. The van der Waals surface area contributed by atoms with E-state index in [-0.39, 0.29) is 0 Å². The summed E-state index contributed by atoms with van der Waals surface area (Å²) in [5, 5.41) is 0. The van der Waals surface area contributed by atoms with Crippen LogP contribution >= 0.6 is 0 Å². The molecule has 0 aromatic carbocycles. The van der Waals surface area contributed by atoms with E-state index in [2.05, 4.69) is 32.7 Å². The Bertz CT molecular complexity index is 173. The second-order valence-electron chi connectivity index (χ2n) is 5.39. The van der Waals surface area contributed by atoms with Gasteiger partial charge >= 0.3 is 0 Å². The molecule has 0 bridgehead atoms. The SMILES string of the molecule is CCC(N)C(C)N(C)C1CCC(C)CC1. The van der Waals surface area contributed by atoms with E-state index < -0.39 is 0 Å². The lowest BCUT2D eigenvalue weighted by Gasteiger charge is -2.39. The van der Waals surface area contributed by atoms with Crippen molar-refractivity contribution >= 4 is 0 Å². The van der Waals surface area contributed by atoms with Gasteiger partial charge in [-0.15, -0.1) is 0 Å². The van der Waals surface area contributed by atoms with E-state index in [0.29, 0.717) is 12.1 Å². The molecule has 0 aromatic rings. The van der Waals surface area contributed by atoms with Crippen LogP contribution in [0.3, 0.4) is 0 Å². The fourth-order valence-electron chi connectivity index (χ4n) is 2.63. The first-order chi connectivity index (χ1) is 7.06. The maximum absolute atomic E-state index is 6.11. The molecule has 0 saturated heterocycles.